The molecular formula is C21H20ClNO4. The van der Waals surface area contributed by atoms with Crippen LogP contribution in [0.25, 0.3) is 0 Å². The van der Waals surface area contributed by atoms with Crippen molar-refractivity contribution in [3.05, 3.63) is 47.0 Å². The number of rotatable bonds is 5. The number of halogens is 1. The highest BCUT2D eigenvalue weighted by Gasteiger charge is 2.66. The van der Waals surface area contributed by atoms with Crippen LogP contribution in [0.15, 0.2) is 36.4 Å². The predicted octanol–water partition coefficient (Wildman–Crippen LogP) is 2.83. The highest BCUT2D eigenvalue weighted by atomic mass is 35.5. The molecule has 5 nitrogen and oxygen atoms in total. The van der Waals surface area contributed by atoms with E-state index in [4.69, 9.17) is 16.3 Å². The van der Waals surface area contributed by atoms with Gasteiger partial charge in [-0.2, -0.15) is 0 Å². The smallest absolute Gasteiger partial charge is 0.307 e. The number of allylic oxidation sites excluding steroid dienone is 2. The maximum atomic E-state index is 12.8. The highest BCUT2D eigenvalue weighted by Crippen LogP contribution is 2.65. The summed E-state index contributed by atoms with van der Waals surface area (Å²) in [5.41, 5.74) is 0.730. The summed E-state index contributed by atoms with van der Waals surface area (Å²) in [6.07, 6.45) is 5.44. The molecule has 0 N–H and O–H groups in total. The number of hydrogen-bond donors (Lipinski definition) is 0. The lowest BCUT2D eigenvalue weighted by Crippen LogP contribution is -2.40. The molecule has 140 valence electrons. The van der Waals surface area contributed by atoms with Gasteiger partial charge in [0.05, 0.1) is 18.3 Å². The molecule has 0 unspecified atom stereocenters. The number of nitrogens with zero attached hydrogens (tertiary/aromatic N) is 1. The first-order valence-corrected chi connectivity index (χ1v) is 9.86. The van der Waals surface area contributed by atoms with Crippen molar-refractivity contribution in [2.45, 2.75) is 19.4 Å². The van der Waals surface area contributed by atoms with Crippen molar-refractivity contribution in [2.75, 3.05) is 6.54 Å². The quantitative estimate of drug-likeness (QED) is 0.444. The van der Waals surface area contributed by atoms with E-state index in [0.717, 1.165) is 12.0 Å². The lowest BCUT2D eigenvalue weighted by Gasteiger charge is -2.37. The van der Waals surface area contributed by atoms with Crippen LogP contribution in [0.4, 0.5) is 0 Å². The Hall–Kier alpha value is -2.14. The molecule has 5 aliphatic rings. The second-order valence-electron chi connectivity index (χ2n) is 7.98. The first-order valence-electron chi connectivity index (χ1n) is 9.49. The number of imide groups is 1. The molecule has 1 aromatic carbocycles. The molecule has 6 heteroatoms. The molecule has 2 amide bonds. The summed E-state index contributed by atoms with van der Waals surface area (Å²) in [6, 6.07) is 7.16. The lowest BCUT2D eigenvalue weighted by atomic mass is 9.63. The monoisotopic (exact) mass is 385 g/mol. The molecule has 0 radical (unpaired) electrons. The molecule has 0 spiro atoms. The minimum absolute atomic E-state index is 0.0109. The summed E-state index contributed by atoms with van der Waals surface area (Å²) < 4.78 is 5.25. The number of benzene rings is 1. The van der Waals surface area contributed by atoms with Crippen molar-refractivity contribution in [3.63, 3.8) is 0 Å². The molecule has 1 saturated heterocycles. The van der Waals surface area contributed by atoms with Gasteiger partial charge in [-0.05, 0) is 36.2 Å². The van der Waals surface area contributed by atoms with Crippen molar-refractivity contribution in [1.29, 1.82) is 0 Å². The molecule has 27 heavy (non-hydrogen) atoms. The van der Waals surface area contributed by atoms with Gasteiger partial charge in [0.25, 0.3) is 0 Å². The van der Waals surface area contributed by atoms with Crippen LogP contribution in [0.2, 0.25) is 5.02 Å². The molecule has 1 aromatic rings. The second-order valence-corrected chi connectivity index (χ2v) is 8.39. The molecule has 1 heterocycles. The van der Waals surface area contributed by atoms with Crippen LogP contribution in [0, 0.1) is 35.5 Å². The van der Waals surface area contributed by atoms with Gasteiger partial charge in [0.1, 0.15) is 6.61 Å². The minimum Gasteiger partial charge on any atom is -0.461 e. The van der Waals surface area contributed by atoms with E-state index in [0.29, 0.717) is 16.9 Å². The van der Waals surface area contributed by atoms with Crippen molar-refractivity contribution in [2.24, 2.45) is 35.5 Å². The number of likely N-dealkylation sites (tertiary alicyclic amines) is 1. The van der Waals surface area contributed by atoms with E-state index in [1.54, 1.807) is 12.1 Å². The Kier molecular flexibility index (Phi) is 3.90. The number of amides is 2. The second kappa shape index (κ2) is 6.20. The minimum atomic E-state index is -0.436. The van der Waals surface area contributed by atoms with Gasteiger partial charge >= 0.3 is 5.97 Å². The third-order valence-corrected chi connectivity index (χ3v) is 7.01. The molecule has 6 rings (SSSR count). The summed E-state index contributed by atoms with van der Waals surface area (Å²) in [4.78, 5) is 39.1. The molecule has 2 bridgehead atoms. The van der Waals surface area contributed by atoms with E-state index >= 15 is 0 Å². The van der Waals surface area contributed by atoms with E-state index in [1.165, 1.54) is 4.90 Å². The standard InChI is InChI=1S/C21H20ClNO4/c22-16-4-2-1-3-11(16)10-27-17(24)7-8-23-20(25)18-12-5-6-13(15-9-14(12)15)19(18)21(23)26/h1-6,12-15,18-19H,7-10H2/t12-,13-,14-,15+,18+,19+/m1/s1. The normalized spacial score (nSPS) is 35.2. The summed E-state index contributed by atoms with van der Waals surface area (Å²) in [5, 5.41) is 0.542. The van der Waals surface area contributed by atoms with E-state index in [1.807, 2.05) is 12.1 Å². The molecule has 2 saturated carbocycles. The van der Waals surface area contributed by atoms with Crippen LogP contribution < -0.4 is 0 Å². The summed E-state index contributed by atoms with van der Waals surface area (Å²) in [7, 11) is 0. The SMILES string of the molecule is O=C(CCN1C(=O)[C@H]2[C@@H]3C=C[C@H]([C@@H]4C[C@H]34)[C@@H]2C1=O)OCc1ccccc1Cl. The van der Waals surface area contributed by atoms with Gasteiger partial charge in [0, 0.05) is 17.1 Å². The van der Waals surface area contributed by atoms with Crippen LogP contribution in [-0.4, -0.2) is 29.2 Å². The Morgan fingerprint density at radius 2 is 1.70 bits per heavy atom. The zero-order valence-electron chi connectivity index (χ0n) is 14.7. The van der Waals surface area contributed by atoms with Crippen LogP contribution in [0.3, 0.4) is 0 Å². The van der Waals surface area contributed by atoms with Crippen LogP contribution in [0.1, 0.15) is 18.4 Å². The predicted molar refractivity (Wildman–Crippen MR) is 97.3 cm³/mol. The zero-order chi connectivity index (χ0) is 18.7. The molecular weight excluding hydrogens is 366 g/mol. The largest absolute Gasteiger partial charge is 0.461 e. The molecule has 0 aromatic heterocycles. The van der Waals surface area contributed by atoms with E-state index in [2.05, 4.69) is 12.2 Å². The average molecular weight is 386 g/mol. The fraction of sp³-hybridized carbons (Fsp3) is 0.476. The number of carbonyl (C=O) groups excluding carboxylic acids is 3. The summed E-state index contributed by atoms with van der Waals surface area (Å²) >= 11 is 6.05. The van der Waals surface area contributed by atoms with Crippen molar-refractivity contribution >= 4 is 29.4 Å². The molecule has 4 aliphatic carbocycles. The maximum Gasteiger partial charge on any atom is 0.307 e. The van der Waals surface area contributed by atoms with Crippen LogP contribution in [-0.2, 0) is 25.7 Å². The van der Waals surface area contributed by atoms with Gasteiger partial charge in [-0.3, -0.25) is 19.3 Å². The van der Waals surface area contributed by atoms with Crippen molar-refractivity contribution in [1.82, 2.24) is 4.90 Å². The first kappa shape index (κ1) is 17.0. The molecule has 3 fully saturated rings. The van der Waals surface area contributed by atoms with Gasteiger partial charge in [-0.15, -0.1) is 0 Å². The van der Waals surface area contributed by atoms with E-state index in [9.17, 15) is 14.4 Å². The van der Waals surface area contributed by atoms with Gasteiger partial charge in [-0.1, -0.05) is 42.0 Å². The van der Waals surface area contributed by atoms with Gasteiger partial charge in [0.2, 0.25) is 11.8 Å². The Balaban J connectivity index is 1.20. The van der Waals surface area contributed by atoms with Crippen LogP contribution >= 0.6 is 11.6 Å². The summed E-state index contributed by atoms with van der Waals surface area (Å²) in [6.45, 7) is 0.184. The van der Waals surface area contributed by atoms with Crippen molar-refractivity contribution < 1.29 is 19.1 Å². The lowest BCUT2D eigenvalue weighted by molar-refractivity contribution is -0.146. The number of esters is 1. The van der Waals surface area contributed by atoms with Crippen molar-refractivity contribution in [3.8, 4) is 0 Å². The van der Waals surface area contributed by atoms with Gasteiger partial charge < -0.3 is 4.74 Å². The van der Waals surface area contributed by atoms with E-state index in [-0.39, 0.29) is 55.1 Å². The first-order chi connectivity index (χ1) is 13.1. The Labute approximate surface area is 162 Å². The Morgan fingerprint density at radius 1 is 1.07 bits per heavy atom. The maximum absolute atomic E-state index is 12.8. The fourth-order valence-corrected chi connectivity index (χ4v) is 5.48. The number of carbonyl (C=O) groups is 3. The Bertz CT molecular complexity index is 829. The Morgan fingerprint density at radius 3 is 2.33 bits per heavy atom. The zero-order valence-corrected chi connectivity index (χ0v) is 15.5. The third-order valence-electron chi connectivity index (χ3n) is 6.64. The average Bonchev–Trinajstić information content (AvgIpc) is 3.45. The number of hydrogen-bond acceptors (Lipinski definition) is 4. The van der Waals surface area contributed by atoms with Crippen LogP contribution in [0.5, 0.6) is 0 Å². The summed E-state index contributed by atoms with van der Waals surface area (Å²) in [5.74, 6) is 0.511. The fourth-order valence-electron chi connectivity index (χ4n) is 5.29. The van der Waals surface area contributed by atoms with Gasteiger partial charge in [0.15, 0.2) is 0 Å². The third kappa shape index (κ3) is 2.63. The molecule has 1 aliphatic heterocycles. The highest BCUT2D eigenvalue weighted by molar-refractivity contribution is 6.31. The topological polar surface area (TPSA) is 63.7 Å². The number of ether oxygens (including phenoxy) is 1. The van der Waals surface area contributed by atoms with E-state index < -0.39 is 5.97 Å². The van der Waals surface area contributed by atoms with Gasteiger partial charge in [-0.25, -0.2) is 0 Å². The molecule has 6 atom stereocenters.